The van der Waals surface area contributed by atoms with E-state index in [-0.39, 0.29) is 34.8 Å². The van der Waals surface area contributed by atoms with Gasteiger partial charge in [0, 0.05) is 18.7 Å². The van der Waals surface area contributed by atoms with Gasteiger partial charge in [-0.15, -0.1) is 0 Å². The van der Waals surface area contributed by atoms with Crippen molar-refractivity contribution in [2.24, 2.45) is 0 Å². The summed E-state index contributed by atoms with van der Waals surface area (Å²) in [4.78, 5) is 29.3. The third kappa shape index (κ3) is 8.27. The van der Waals surface area contributed by atoms with Gasteiger partial charge in [0.05, 0.1) is 31.9 Å². The van der Waals surface area contributed by atoms with Crippen molar-refractivity contribution >= 4 is 27.5 Å². The quantitative estimate of drug-likeness (QED) is 0.278. The molecule has 242 valence electrons. The molecule has 0 radical (unpaired) electrons. The number of methoxy groups -OCH3 is 3. The molecule has 1 atom stereocenters. The highest BCUT2D eigenvalue weighted by molar-refractivity contribution is 7.92. The lowest BCUT2D eigenvalue weighted by Gasteiger charge is -2.33. The van der Waals surface area contributed by atoms with Crippen LogP contribution in [-0.4, -0.2) is 65.1 Å². The Morgan fingerprint density at radius 1 is 0.889 bits per heavy atom. The smallest absolute Gasteiger partial charge is 0.264 e. The molecule has 11 heteroatoms. The predicted molar refractivity (Wildman–Crippen MR) is 173 cm³/mol. The van der Waals surface area contributed by atoms with Gasteiger partial charge in [-0.1, -0.05) is 49.1 Å². The molecule has 2 amide bonds. The second kappa shape index (κ2) is 15.2. The second-order valence-corrected chi connectivity index (χ2v) is 13.1. The Hall–Kier alpha value is -4.25. The van der Waals surface area contributed by atoms with E-state index < -0.39 is 28.5 Å². The summed E-state index contributed by atoms with van der Waals surface area (Å²) in [6.45, 7) is 2.99. The summed E-state index contributed by atoms with van der Waals surface area (Å²) < 4.78 is 45.8. The summed E-state index contributed by atoms with van der Waals surface area (Å²) >= 11 is 0. The largest absolute Gasteiger partial charge is 0.497 e. The molecule has 0 bridgehead atoms. The van der Waals surface area contributed by atoms with Crippen molar-refractivity contribution < 1.29 is 32.2 Å². The summed E-state index contributed by atoms with van der Waals surface area (Å²) in [6, 6.07) is 17.5. The Balaban J connectivity index is 1.75. The molecule has 3 aromatic rings. The molecule has 45 heavy (non-hydrogen) atoms. The second-order valence-electron chi connectivity index (χ2n) is 11.3. The van der Waals surface area contributed by atoms with E-state index in [9.17, 15) is 18.0 Å². The van der Waals surface area contributed by atoms with Crippen molar-refractivity contribution in [1.82, 2.24) is 10.2 Å². The van der Waals surface area contributed by atoms with Gasteiger partial charge < -0.3 is 24.4 Å². The van der Waals surface area contributed by atoms with E-state index >= 15 is 0 Å². The first-order chi connectivity index (χ1) is 21.6. The third-order valence-corrected chi connectivity index (χ3v) is 9.92. The van der Waals surface area contributed by atoms with Crippen LogP contribution in [0.1, 0.15) is 50.2 Å². The van der Waals surface area contributed by atoms with Crippen LogP contribution in [0.15, 0.2) is 71.6 Å². The van der Waals surface area contributed by atoms with E-state index in [0.717, 1.165) is 47.5 Å². The van der Waals surface area contributed by atoms with E-state index in [4.69, 9.17) is 14.2 Å². The first-order valence-corrected chi connectivity index (χ1v) is 16.6. The molecule has 0 saturated heterocycles. The van der Waals surface area contributed by atoms with Crippen LogP contribution in [0.3, 0.4) is 0 Å². The monoisotopic (exact) mass is 637 g/mol. The van der Waals surface area contributed by atoms with E-state index in [1.54, 1.807) is 56.5 Å². The molecule has 4 rings (SSSR count). The average Bonchev–Trinajstić information content (AvgIpc) is 3.06. The summed E-state index contributed by atoms with van der Waals surface area (Å²) in [5.74, 6) is 0.371. The van der Waals surface area contributed by atoms with Crippen molar-refractivity contribution in [3.8, 4) is 17.2 Å². The molecule has 1 aliphatic carbocycles. The number of nitrogens with one attached hydrogen (secondary N) is 1. The molecule has 10 nitrogen and oxygen atoms in total. The number of rotatable bonds is 13. The Bertz CT molecular complexity index is 1570. The van der Waals surface area contributed by atoms with Gasteiger partial charge in [0.15, 0.2) is 0 Å². The van der Waals surface area contributed by atoms with Gasteiger partial charge in [-0.3, -0.25) is 13.9 Å². The summed E-state index contributed by atoms with van der Waals surface area (Å²) in [7, 11) is 0.171. The molecule has 1 fully saturated rings. The predicted octanol–water partition coefficient (Wildman–Crippen LogP) is 5.08. The van der Waals surface area contributed by atoms with Gasteiger partial charge >= 0.3 is 0 Å². The first-order valence-electron chi connectivity index (χ1n) is 15.1. The molecule has 1 unspecified atom stereocenters. The van der Waals surface area contributed by atoms with Crippen LogP contribution < -0.4 is 23.8 Å². The van der Waals surface area contributed by atoms with Crippen LogP contribution in [0.2, 0.25) is 0 Å². The minimum atomic E-state index is -4.28. The average molecular weight is 638 g/mol. The number of nitrogens with zero attached hydrogens (tertiary/aromatic N) is 2. The number of amides is 2. The maximum Gasteiger partial charge on any atom is 0.264 e. The Kier molecular flexibility index (Phi) is 11.3. The number of sulfonamides is 1. The zero-order valence-electron chi connectivity index (χ0n) is 26.6. The molecular weight excluding hydrogens is 594 g/mol. The molecule has 0 heterocycles. The summed E-state index contributed by atoms with van der Waals surface area (Å²) in [5.41, 5.74) is 1.75. The number of ether oxygens (including phenoxy) is 3. The number of carbonyl (C=O) groups is 2. The van der Waals surface area contributed by atoms with Crippen molar-refractivity contribution in [1.29, 1.82) is 0 Å². The Morgan fingerprint density at radius 2 is 1.56 bits per heavy atom. The Morgan fingerprint density at radius 3 is 2.20 bits per heavy atom. The number of hydrogen-bond acceptors (Lipinski definition) is 7. The number of aryl methyl sites for hydroxylation is 1. The highest BCUT2D eigenvalue weighted by atomic mass is 32.2. The maximum absolute atomic E-state index is 14.3. The van der Waals surface area contributed by atoms with Crippen LogP contribution >= 0.6 is 0 Å². The number of carbonyl (C=O) groups excluding carboxylic acids is 2. The zero-order valence-corrected chi connectivity index (χ0v) is 27.4. The molecule has 1 N–H and O–H groups in total. The van der Waals surface area contributed by atoms with Crippen LogP contribution in [-0.2, 0) is 26.2 Å². The molecule has 1 saturated carbocycles. The van der Waals surface area contributed by atoms with Gasteiger partial charge in [-0.05, 0) is 68.7 Å². The fourth-order valence-corrected chi connectivity index (χ4v) is 6.88. The van der Waals surface area contributed by atoms with Crippen molar-refractivity contribution in [2.75, 3.05) is 32.2 Å². The lowest BCUT2D eigenvalue weighted by atomic mass is 9.95. The van der Waals surface area contributed by atoms with Gasteiger partial charge in [-0.25, -0.2) is 8.42 Å². The fraction of sp³-hybridized carbons (Fsp3) is 0.412. The van der Waals surface area contributed by atoms with E-state index in [1.807, 2.05) is 13.0 Å². The highest BCUT2D eigenvalue weighted by Crippen LogP contribution is 2.36. The van der Waals surface area contributed by atoms with Crippen LogP contribution in [0.25, 0.3) is 0 Å². The fourth-order valence-electron chi connectivity index (χ4n) is 5.46. The van der Waals surface area contributed by atoms with Crippen molar-refractivity contribution in [3.05, 3.63) is 77.9 Å². The van der Waals surface area contributed by atoms with Crippen LogP contribution in [0.5, 0.6) is 17.2 Å². The third-order valence-electron chi connectivity index (χ3n) is 8.15. The van der Waals surface area contributed by atoms with Crippen molar-refractivity contribution in [2.45, 2.75) is 69.5 Å². The topological polar surface area (TPSA) is 114 Å². The molecular formula is C34H43N3O7S. The maximum atomic E-state index is 14.3. The lowest BCUT2D eigenvalue weighted by molar-refractivity contribution is -0.139. The summed E-state index contributed by atoms with van der Waals surface area (Å²) in [5, 5.41) is 3.12. The normalized spacial score (nSPS) is 14.2. The number of benzene rings is 3. The van der Waals surface area contributed by atoms with Gasteiger partial charge in [0.2, 0.25) is 11.8 Å². The number of anilines is 1. The van der Waals surface area contributed by atoms with E-state index in [1.165, 1.54) is 37.3 Å². The molecule has 0 aliphatic heterocycles. The minimum Gasteiger partial charge on any atom is -0.497 e. The lowest BCUT2D eigenvalue weighted by Crippen LogP contribution is -2.53. The summed E-state index contributed by atoms with van der Waals surface area (Å²) in [6.07, 6.45) is 5.00. The standard InChI is InChI=1S/C34H43N3O7S/c1-24-14-17-30(18-15-24)45(40,41)37(31-21-29(43-4)16-19-32(31)44-5)23-33(38)36(22-26-10-9-13-28(20-26)42-3)25(2)34(39)35-27-11-7-6-8-12-27/h9-10,13-21,25,27H,6-8,11-12,22-23H2,1-5H3,(H,35,39). The first kappa shape index (κ1) is 33.6. The number of hydrogen-bond donors (Lipinski definition) is 1. The molecule has 0 aromatic heterocycles. The van der Waals surface area contributed by atoms with E-state index in [2.05, 4.69) is 5.32 Å². The molecule has 0 spiro atoms. The molecule has 3 aromatic carbocycles. The van der Waals surface area contributed by atoms with Crippen LogP contribution in [0, 0.1) is 6.92 Å². The SMILES string of the molecule is COc1cccc(CN(C(=O)CN(c2cc(OC)ccc2OC)S(=O)(=O)c2ccc(C)cc2)C(C)C(=O)NC2CCCCC2)c1. The van der Waals surface area contributed by atoms with Gasteiger partial charge in [-0.2, -0.15) is 0 Å². The zero-order chi connectivity index (χ0) is 32.6. The highest BCUT2D eigenvalue weighted by Gasteiger charge is 2.34. The Labute approximate surface area is 266 Å². The van der Waals surface area contributed by atoms with Crippen molar-refractivity contribution in [3.63, 3.8) is 0 Å². The minimum absolute atomic E-state index is 0.00760. The van der Waals surface area contributed by atoms with Gasteiger partial charge in [0.25, 0.3) is 10.0 Å². The van der Waals surface area contributed by atoms with E-state index in [0.29, 0.717) is 11.5 Å². The van der Waals surface area contributed by atoms with Gasteiger partial charge in [0.1, 0.15) is 29.8 Å². The van der Waals surface area contributed by atoms with Crippen LogP contribution in [0.4, 0.5) is 5.69 Å². The molecule has 1 aliphatic rings.